The molecule has 2 aliphatic heterocycles. The van der Waals surface area contributed by atoms with E-state index in [0.29, 0.717) is 35.0 Å². The Kier molecular flexibility index (Phi) is 11.7. The number of hydrogen-bond donors (Lipinski definition) is 4. The Balaban J connectivity index is 1.03. The Morgan fingerprint density at radius 2 is 1.69 bits per heavy atom. The van der Waals surface area contributed by atoms with Crippen LogP contribution in [0.1, 0.15) is 67.4 Å². The first kappa shape index (κ1) is 36.1. The van der Waals surface area contributed by atoms with Gasteiger partial charge in [-0.05, 0) is 66.8 Å². The van der Waals surface area contributed by atoms with Crippen molar-refractivity contribution in [2.45, 2.75) is 68.9 Å². The fourth-order valence-electron chi connectivity index (χ4n) is 6.72. The van der Waals surface area contributed by atoms with Crippen LogP contribution >= 0.6 is 11.8 Å². The van der Waals surface area contributed by atoms with Gasteiger partial charge in [-0.1, -0.05) is 68.0 Å². The third-order valence-corrected chi connectivity index (χ3v) is 10.9. The van der Waals surface area contributed by atoms with Gasteiger partial charge in [-0.15, -0.1) is 11.8 Å². The zero-order valence-electron chi connectivity index (χ0n) is 28.4. The second-order valence-corrected chi connectivity index (χ2v) is 14.4. The van der Waals surface area contributed by atoms with Gasteiger partial charge < -0.3 is 40.0 Å². The summed E-state index contributed by atoms with van der Waals surface area (Å²) in [6.07, 6.45) is 4.79. The number of carbonyl (C=O) groups is 4. The fraction of sp³-hybridized carbons (Fsp3) is 0.421. The summed E-state index contributed by atoms with van der Waals surface area (Å²) in [7, 11) is 0. The van der Waals surface area contributed by atoms with E-state index in [1.807, 2.05) is 43.3 Å². The van der Waals surface area contributed by atoms with E-state index in [4.69, 9.17) is 14.2 Å². The number of thioether (sulfide) groups is 1. The van der Waals surface area contributed by atoms with Gasteiger partial charge in [-0.3, -0.25) is 14.4 Å². The average molecular weight is 718 g/mol. The molecule has 4 N–H and O–H groups in total. The van der Waals surface area contributed by atoms with Crippen LogP contribution in [0.5, 0.6) is 17.2 Å². The molecule has 4 atom stereocenters. The molecule has 51 heavy (non-hydrogen) atoms. The van der Waals surface area contributed by atoms with Crippen molar-refractivity contribution < 1.29 is 43.6 Å². The number of fused-ring (bicyclic) bond motifs is 1. The molecular weight excluding hydrogens is 674 g/mol. The molecule has 13 heteroatoms. The molecule has 0 radical (unpaired) electrons. The van der Waals surface area contributed by atoms with Crippen LogP contribution in [0.15, 0.2) is 66.7 Å². The van der Waals surface area contributed by atoms with Crippen LogP contribution in [-0.2, 0) is 19.2 Å². The minimum atomic E-state index is -1.08. The van der Waals surface area contributed by atoms with E-state index in [0.717, 1.165) is 48.9 Å². The predicted molar refractivity (Wildman–Crippen MR) is 191 cm³/mol. The van der Waals surface area contributed by atoms with Crippen LogP contribution < -0.4 is 29.7 Å². The number of β-lactam (4-membered cyclic amide) rings is 1. The second-order valence-electron chi connectivity index (χ2n) is 13.2. The number of aliphatic carboxylic acids is 1. The molecule has 0 spiro atoms. The molecule has 1 saturated carbocycles. The summed E-state index contributed by atoms with van der Waals surface area (Å²) >= 11 is 1.39. The van der Waals surface area contributed by atoms with Crippen LogP contribution in [0.3, 0.4) is 0 Å². The van der Waals surface area contributed by atoms with E-state index in [-0.39, 0.29) is 37.8 Å². The van der Waals surface area contributed by atoms with Gasteiger partial charge in [0.1, 0.15) is 17.0 Å². The van der Waals surface area contributed by atoms with Gasteiger partial charge in [0, 0.05) is 11.4 Å². The lowest BCUT2D eigenvalue weighted by Crippen LogP contribution is -2.57. The number of benzene rings is 3. The van der Waals surface area contributed by atoms with Crippen molar-refractivity contribution >= 4 is 41.1 Å². The molecule has 3 aromatic carbocycles. The van der Waals surface area contributed by atoms with Gasteiger partial charge in [-0.25, -0.2) is 4.79 Å². The molecule has 3 aliphatic rings. The molecule has 3 amide bonds. The first-order chi connectivity index (χ1) is 24.7. The quantitative estimate of drug-likeness (QED) is 0.162. The van der Waals surface area contributed by atoms with Gasteiger partial charge in [-0.2, -0.15) is 0 Å². The van der Waals surface area contributed by atoms with Crippen LogP contribution in [0.2, 0.25) is 0 Å². The van der Waals surface area contributed by atoms with Crippen LogP contribution in [-0.4, -0.2) is 70.9 Å². The second kappa shape index (κ2) is 16.5. The van der Waals surface area contributed by atoms with Crippen LogP contribution in [0, 0.1) is 12.8 Å². The van der Waals surface area contributed by atoms with Crippen molar-refractivity contribution in [1.82, 2.24) is 10.6 Å². The minimum absolute atomic E-state index is 0.0589. The normalized spacial score (nSPS) is 19.5. The van der Waals surface area contributed by atoms with Gasteiger partial charge in [0.25, 0.3) is 5.91 Å². The van der Waals surface area contributed by atoms with E-state index in [2.05, 4.69) is 10.6 Å². The maximum atomic E-state index is 13.5. The van der Waals surface area contributed by atoms with E-state index in [9.17, 15) is 29.4 Å². The third kappa shape index (κ3) is 8.95. The number of aliphatic hydroxyl groups excluding tert-OH is 1. The van der Waals surface area contributed by atoms with Crippen molar-refractivity contribution in [3.05, 3.63) is 83.4 Å². The largest absolute Gasteiger partial charge is 0.484 e. The Hall–Kier alpha value is -4.75. The molecule has 270 valence electrons. The molecule has 1 saturated heterocycles. The van der Waals surface area contributed by atoms with E-state index < -0.39 is 35.2 Å². The number of ether oxygens (including phenoxy) is 3. The molecule has 6 rings (SSSR count). The number of carboxylic acid groups (broad SMARTS) is 1. The van der Waals surface area contributed by atoms with Crippen LogP contribution in [0.4, 0.5) is 5.69 Å². The molecule has 1 unspecified atom stereocenters. The van der Waals surface area contributed by atoms with Gasteiger partial charge in [0.05, 0.1) is 18.7 Å². The van der Waals surface area contributed by atoms with E-state index >= 15 is 0 Å². The highest BCUT2D eigenvalue weighted by Crippen LogP contribution is 2.46. The van der Waals surface area contributed by atoms with E-state index in [1.165, 1.54) is 11.8 Å². The summed E-state index contributed by atoms with van der Waals surface area (Å²) in [6.45, 7) is 1.42. The molecule has 1 aliphatic carbocycles. The molecule has 0 bridgehead atoms. The number of hydrogen-bond acceptors (Lipinski definition) is 9. The Bertz CT molecular complexity index is 1710. The number of carboxylic acids is 1. The number of aliphatic hydroxyl groups is 1. The first-order valence-electron chi connectivity index (χ1n) is 17.3. The van der Waals surface area contributed by atoms with Crippen molar-refractivity contribution in [3.8, 4) is 17.2 Å². The minimum Gasteiger partial charge on any atom is -0.484 e. The van der Waals surface area contributed by atoms with Crippen molar-refractivity contribution in [1.29, 1.82) is 0 Å². The molecule has 2 heterocycles. The summed E-state index contributed by atoms with van der Waals surface area (Å²) in [5, 5.41) is 25.1. The van der Waals surface area contributed by atoms with Crippen molar-refractivity contribution in [2.24, 2.45) is 5.92 Å². The lowest BCUT2D eigenvalue weighted by molar-refractivity contribution is -0.142. The Morgan fingerprint density at radius 3 is 2.41 bits per heavy atom. The highest BCUT2D eigenvalue weighted by atomic mass is 32.2. The molecular formula is C38H43N3O9S. The topological polar surface area (TPSA) is 164 Å². The molecule has 3 aromatic rings. The van der Waals surface area contributed by atoms with Crippen LogP contribution in [0.25, 0.3) is 0 Å². The lowest BCUT2D eigenvalue weighted by Gasteiger charge is -2.47. The standard InChI is InChI=1S/C38H43N3O9S/c1-23-7-12-27(13-8-23)41-35(36(37(41)45)51-21-30(42)26-11-16-31-32(18-26)50-22-49-31)25-9-14-28(15-10-25)48-20-34(44)39-19-33(43)40-29(38(46)47)17-24-5-3-2-4-6-24/h7-16,18,24,29-30,35-36,42H,2-6,17,19-22H2,1H3,(H,39,44)(H,40,43)(H,46,47)/t29-,30?,35-,36-/m1/s1. The zero-order valence-corrected chi connectivity index (χ0v) is 29.2. The summed E-state index contributed by atoms with van der Waals surface area (Å²) < 4.78 is 16.5. The monoisotopic (exact) mass is 717 g/mol. The highest BCUT2D eigenvalue weighted by molar-refractivity contribution is 8.00. The summed E-state index contributed by atoms with van der Waals surface area (Å²) in [6, 6.07) is 18.9. The predicted octanol–water partition coefficient (Wildman–Crippen LogP) is 4.68. The van der Waals surface area contributed by atoms with E-state index in [1.54, 1.807) is 35.2 Å². The average Bonchev–Trinajstić information content (AvgIpc) is 3.61. The number of anilines is 1. The number of aryl methyl sites for hydroxylation is 1. The summed E-state index contributed by atoms with van der Waals surface area (Å²) in [5.41, 5.74) is 3.38. The summed E-state index contributed by atoms with van der Waals surface area (Å²) in [4.78, 5) is 51.9. The SMILES string of the molecule is Cc1ccc(N2C(=O)[C@H](SCC(O)c3ccc4c(c3)OCO4)[C@H]2c2ccc(OCC(=O)NCC(=O)N[C@H](CC3CCCCC3)C(=O)O)cc2)cc1. The smallest absolute Gasteiger partial charge is 0.326 e. The maximum Gasteiger partial charge on any atom is 0.326 e. The third-order valence-electron chi connectivity index (χ3n) is 9.54. The number of carbonyl (C=O) groups excluding carboxylic acids is 3. The maximum absolute atomic E-state index is 13.5. The van der Waals surface area contributed by atoms with Crippen molar-refractivity contribution in [3.63, 3.8) is 0 Å². The molecule has 0 aromatic heterocycles. The molecule has 2 fully saturated rings. The van der Waals surface area contributed by atoms with Gasteiger partial charge in [0.2, 0.25) is 18.6 Å². The highest BCUT2D eigenvalue weighted by Gasteiger charge is 2.49. The zero-order chi connectivity index (χ0) is 35.9. The number of rotatable bonds is 15. The summed E-state index contributed by atoms with van der Waals surface area (Å²) in [5.74, 6) is -0.0325. The number of nitrogens with zero attached hydrogens (tertiary/aromatic N) is 1. The first-order valence-corrected chi connectivity index (χ1v) is 18.3. The molecule has 12 nitrogen and oxygen atoms in total. The lowest BCUT2D eigenvalue weighted by atomic mass is 9.85. The van der Waals surface area contributed by atoms with Crippen molar-refractivity contribution in [2.75, 3.05) is 30.6 Å². The number of amides is 3. The van der Waals surface area contributed by atoms with Gasteiger partial charge in [0.15, 0.2) is 18.1 Å². The Morgan fingerprint density at radius 1 is 0.961 bits per heavy atom. The van der Waals surface area contributed by atoms with Gasteiger partial charge >= 0.3 is 5.97 Å². The Labute approximate surface area is 300 Å². The number of nitrogens with one attached hydrogen (secondary N) is 2. The fourth-order valence-corrected chi connectivity index (χ4v) is 8.02.